The van der Waals surface area contributed by atoms with Gasteiger partial charge in [-0.25, -0.2) is 4.79 Å². The molecule has 0 spiro atoms. The molecule has 0 amide bonds. The minimum Gasteiger partial charge on any atom is -0.469 e. The number of carbonyl (C=O) groups excluding carboxylic acids is 2. The van der Waals surface area contributed by atoms with Crippen LogP contribution >= 0.6 is 0 Å². The van der Waals surface area contributed by atoms with E-state index in [1.165, 1.54) is 20.3 Å². The lowest BCUT2D eigenvalue weighted by Crippen LogP contribution is -1.99. The van der Waals surface area contributed by atoms with Crippen LogP contribution < -0.4 is 0 Å². The van der Waals surface area contributed by atoms with Gasteiger partial charge in [0.15, 0.2) is 0 Å². The number of carbonyl (C=O) groups is 2. The van der Waals surface area contributed by atoms with Crippen molar-refractivity contribution in [3.05, 3.63) is 12.2 Å². The molecule has 0 aliphatic carbocycles. The van der Waals surface area contributed by atoms with Crippen LogP contribution in [0, 0.1) is 0 Å². The van der Waals surface area contributed by atoms with E-state index in [-0.39, 0.29) is 12.4 Å². The highest BCUT2D eigenvalue weighted by molar-refractivity contribution is 5.81. The maximum atomic E-state index is 10.6. The first-order valence-corrected chi connectivity index (χ1v) is 3.52. The predicted molar refractivity (Wildman–Crippen MR) is 42.4 cm³/mol. The van der Waals surface area contributed by atoms with E-state index in [0.29, 0.717) is 6.42 Å². The quantitative estimate of drug-likeness (QED) is 0.462. The molecule has 0 heterocycles. The largest absolute Gasteiger partial charge is 0.469 e. The van der Waals surface area contributed by atoms with E-state index in [4.69, 9.17) is 0 Å². The number of esters is 2. The number of ether oxygens (including phenoxy) is 2. The van der Waals surface area contributed by atoms with Crippen LogP contribution in [0.15, 0.2) is 12.2 Å². The second-order valence-electron chi connectivity index (χ2n) is 2.04. The van der Waals surface area contributed by atoms with Crippen molar-refractivity contribution >= 4 is 11.9 Å². The van der Waals surface area contributed by atoms with Crippen LogP contribution in [0.1, 0.15) is 12.8 Å². The predicted octanol–water partition coefficient (Wildman–Crippen LogP) is 0.669. The molecule has 4 nitrogen and oxygen atoms in total. The summed E-state index contributed by atoms with van der Waals surface area (Å²) in [7, 11) is 2.62. The van der Waals surface area contributed by atoms with Gasteiger partial charge >= 0.3 is 11.9 Å². The lowest BCUT2D eigenvalue weighted by Gasteiger charge is -1.93. The van der Waals surface area contributed by atoms with E-state index in [9.17, 15) is 9.59 Å². The molecule has 68 valence electrons. The van der Waals surface area contributed by atoms with Crippen LogP contribution in [-0.2, 0) is 19.1 Å². The van der Waals surface area contributed by atoms with Crippen molar-refractivity contribution in [2.24, 2.45) is 0 Å². The van der Waals surface area contributed by atoms with E-state index in [2.05, 4.69) is 9.47 Å². The van der Waals surface area contributed by atoms with Gasteiger partial charge in [0.25, 0.3) is 0 Å². The molecule has 0 aliphatic heterocycles. The molecule has 0 atom stereocenters. The summed E-state index contributed by atoms with van der Waals surface area (Å²) < 4.78 is 8.74. The molecule has 0 unspecified atom stereocenters. The third-order valence-corrected chi connectivity index (χ3v) is 1.20. The van der Waals surface area contributed by atoms with Crippen LogP contribution in [0.2, 0.25) is 0 Å². The van der Waals surface area contributed by atoms with Gasteiger partial charge in [0.05, 0.1) is 14.2 Å². The molecule has 0 rings (SSSR count). The first-order valence-electron chi connectivity index (χ1n) is 3.52. The zero-order valence-corrected chi connectivity index (χ0v) is 7.20. The van der Waals surface area contributed by atoms with Crippen LogP contribution in [0.5, 0.6) is 0 Å². The summed E-state index contributed by atoms with van der Waals surface area (Å²) in [6.45, 7) is 0. The van der Waals surface area contributed by atoms with Crippen molar-refractivity contribution in [2.75, 3.05) is 14.2 Å². The molecule has 0 fully saturated rings. The Kier molecular flexibility index (Phi) is 5.69. The SMILES string of the molecule is COC(=O)/C=C\CCC(=O)OC. The maximum absolute atomic E-state index is 10.6. The summed E-state index contributed by atoms with van der Waals surface area (Å²) in [4.78, 5) is 21.1. The van der Waals surface area contributed by atoms with Crippen LogP contribution in [0.25, 0.3) is 0 Å². The molecule has 0 radical (unpaired) electrons. The monoisotopic (exact) mass is 172 g/mol. The zero-order valence-electron chi connectivity index (χ0n) is 7.20. The number of methoxy groups -OCH3 is 2. The third-order valence-electron chi connectivity index (χ3n) is 1.20. The highest BCUT2D eigenvalue weighted by atomic mass is 16.5. The topological polar surface area (TPSA) is 52.6 Å². The van der Waals surface area contributed by atoms with Gasteiger partial charge in [0.1, 0.15) is 0 Å². The van der Waals surface area contributed by atoms with E-state index in [1.54, 1.807) is 6.08 Å². The zero-order chi connectivity index (χ0) is 9.40. The van der Waals surface area contributed by atoms with Crippen molar-refractivity contribution in [1.82, 2.24) is 0 Å². The summed E-state index contributed by atoms with van der Waals surface area (Å²) >= 11 is 0. The summed E-state index contributed by atoms with van der Waals surface area (Å²) in [5.41, 5.74) is 0. The average molecular weight is 172 g/mol. The van der Waals surface area contributed by atoms with Gasteiger partial charge in [-0.1, -0.05) is 6.08 Å². The van der Waals surface area contributed by atoms with Crippen molar-refractivity contribution in [3.8, 4) is 0 Å². The number of hydrogen-bond acceptors (Lipinski definition) is 4. The Hall–Kier alpha value is -1.32. The molecule has 12 heavy (non-hydrogen) atoms. The Morgan fingerprint density at radius 3 is 2.42 bits per heavy atom. The fourth-order valence-electron chi connectivity index (χ4n) is 0.551. The van der Waals surface area contributed by atoms with Crippen LogP contribution in [-0.4, -0.2) is 26.2 Å². The standard InChI is InChI=1S/C8H12O4/c1-11-7(9)5-3-4-6-8(10)12-2/h3,5H,4,6H2,1-2H3/b5-3-. The number of hydrogen-bond donors (Lipinski definition) is 0. The fraction of sp³-hybridized carbons (Fsp3) is 0.500. The summed E-state index contributed by atoms with van der Waals surface area (Å²) in [6.07, 6.45) is 3.62. The van der Waals surface area contributed by atoms with Gasteiger partial charge in [-0.05, 0) is 6.42 Å². The van der Waals surface area contributed by atoms with Crippen LogP contribution in [0.3, 0.4) is 0 Å². The van der Waals surface area contributed by atoms with E-state index in [0.717, 1.165) is 0 Å². The molecule has 0 saturated heterocycles. The minimum atomic E-state index is -0.417. The summed E-state index contributed by atoms with van der Waals surface area (Å²) in [5, 5.41) is 0. The van der Waals surface area contributed by atoms with Gasteiger partial charge in [-0.3, -0.25) is 4.79 Å². The Morgan fingerprint density at radius 2 is 1.92 bits per heavy atom. The van der Waals surface area contributed by atoms with Gasteiger partial charge in [0, 0.05) is 12.5 Å². The van der Waals surface area contributed by atoms with Crippen molar-refractivity contribution in [3.63, 3.8) is 0 Å². The first-order chi connectivity index (χ1) is 5.70. The molecule has 0 N–H and O–H groups in total. The first kappa shape index (κ1) is 10.7. The summed E-state index contributed by atoms with van der Waals surface area (Å²) in [6, 6.07) is 0. The molecule has 0 aliphatic rings. The number of rotatable bonds is 4. The highest BCUT2D eigenvalue weighted by Crippen LogP contribution is 1.93. The molecule has 4 heteroatoms. The third kappa shape index (κ3) is 5.46. The van der Waals surface area contributed by atoms with Crippen molar-refractivity contribution < 1.29 is 19.1 Å². The normalized spacial score (nSPS) is 9.83. The minimum absolute atomic E-state index is 0.282. The second-order valence-corrected chi connectivity index (χ2v) is 2.04. The average Bonchev–Trinajstić information content (AvgIpc) is 2.11. The maximum Gasteiger partial charge on any atom is 0.330 e. The molecule has 0 aromatic rings. The molecule has 0 aromatic carbocycles. The summed E-state index contributed by atoms with van der Waals surface area (Å²) in [5.74, 6) is -0.704. The Morgan fingerprint density at radius 1 is 1.25 bits per heavy atom. The second kappa shape index (κ2) is 6.39. The fourth-order valence-corrected chi connectivity index (χ4v) is 0.551. The van der Waals surface area contributed by atoms with Crippen molar-refractivity contribution in [2.45, 2.75) is 12.8 Å². The Bertz CT molecular complexity index is 183. The highest BCUT2D eigenvalue weighted by Gasteiger charge is 1.96. The van der Waals surface area contributed by atoms with Gasteiger partial charge in [0.2, 0.25) is 0 Å². The van der Waals surface area contributed by atoms with Gasteiger partial charge < -0.3 is 9.47 Å². The van der Waals surface area contributed by atoms with Crippen LogP contribution in [0.4, 0.5) is 0 Å². The lowest BCUT2D eigenvalue weighted by molar-refractivity contribution is -0.140. The van der Waals surface area contributed by atoms with Gasteiger partial charge in [-0.15, -0.1) is 0 Å². The van der Waals surface area contributed by atoms with Gasteiger partial charge in [-0.2, -0.15) is 0 Å². The van der Waals surface area contributed by atoms with E-state index >= 15 is 0 Å². The Balaban J connectivity index is 3.48. The van der Waals surface area contributed by atoms with E-state index in [1.807, 2.05) is 0 Å². The molecule has 0 bridgehead atoms. The molecular formula is C8H12O4. The lowest BCUT2D eigenvalue weighted by atomic mass is 10.3. The molecule has 0 saturated carbocycles. The number of allylic oxidation sites excluding steroid dienone is 1. The Labute approximate surface area is 71.2 Å². The molecular weight excluding hydrogens is 160 g/mol. The van der Waals surface area contributed by atoms with Crippen molar-refractivity contribution in [1.29, 1.82) is 0 Å². The molecule has 0 aromatic heterocycles. The smallest absolute Gasteiger partial charge is 0.330 e. The van der Waals surface area contributed by atoms with E-state index < -0.39 is 5.97 Å².